The summed E-state index contributed by atoms with van der Waals surface area (Å²) >= 11 is 6.14. The topological polar surface area (TPSA) is 60.2 Å². The number of para-hydroxylation sites is 1. The molecule has 174 valence electrons. The van der Waals surface area contributed by atoms with E-state index >= 15 is 0 Å². The van der Waals surface area contributed by atoms with Crippen LogP contribution in [0.15, 0.2) is 84.9 Å². The molecular weight excluding hydrogens is 458 g/mol. The van der Waals surface area contributed by atoms with Crippen LogP contribution < -0.4 is 4.74 Å². The van der Waals surface area contributed by atoms with Gasteiger partial charge in [0.2, 0.25) is 0 Å². The van der Waals surface area contributed by atoms with Crippen molar-refractivity contribution in [3.8, 4) is 22.7 Å². The normalized spacial score (nSPS) is 15.2. The van der Waals surface area contributed by atoms with Crippen LogP contribution in [0.5, 0.6) is 5.75 Å². The predicted molar refractivity (Wildman–Crippen MR) is 138 cm³/mol. The average Bonchev–Trinajstić information content (AvgIpc) is 3.26. The molecule has 1 N–H and O–H groups in total. The van der Waals surface area contributed by atoms with Crippen LogP contribution in [0.1, 0.15) is 23.4 Å². The van der Waals surface area contributed by atoms with Crippen molar-refractivity contribution in [3.05, 3.63) is 107 Å². The molecule has 1 atom stereocenters. The van der Waals surface area contributed by atoms with E-state index < -0.39 is 0 Å². The summed E-state index contributed by atoms with van der Waals surface area (Å²) in [5.41, 5.74) is 6.97. The number of aliphatic hydroxyl groups excluding tert-OH is 1. The van der Waals surface area contributed by atoms with Crippen LogP contribution in [0.3, 0.4) is 0 Å². The summed E-state index contributed by atoms with van der Waals surface area (Å²) in [4.78, 5) is 4.68. The first-order valence-corrected chi connectivity index (χ1v) is 12.1. The van der Waals surface area contributed by atoms with Crippen LogP contribution in [0.2, 0.25) is 5.02 Å². The van der Waals surface area contributed by atoms with Crippen molar-refractivity contribution < 1.29 is 9.84 Å². The number of aliphatic hydroxyl groups is 1. The minimum absolute atomic E-state index is 0.342. The Kier molecular flexibility index (Phi) is 5.72. The van der Waals surface area contributed by atoms with Gasteiger partial charge in [0.15, 0.2) is 0 Å². The van der Waals surface area contributed by atoms with E-state index in [0.29, 0.717) is 18.1 Å². The smallest absolute Gasteiger partial charge is 0.130 e. The number of aromatic nitrogens is 3. The average molecular weight is 482 g/mol. The maximum Gasteiger partial charge on any atom is 0.130 e. The van der Waals surface area contributed by atoms with Crippen LogP contribution in [0, 0.1) is 0 Å². The van der Waals surface area contributed by atoms with Gasteiger partial charge in [0, 0.05) is 28.0 Å². The first kappa shape index (κ1) is 21.8. The first-order valence-electron chi connectivity index (χ1n) is 11.8. The van der Waals surface area contributed by atoms with Crippen molar-refractivity contribution >= 4 is 22.5 Å². The monoisotopic (exact) mass is 481 g/mol. The largest absolute Gasteiger partial charge is 0.487 e. The van der Waals surface area contributed by atoms with Gasteiger partial charge in [-0.15, -0.1) is 0 Å². The molecule has 1 unspecified atom stereocenters. The van der Waals surface area contributed by atoms with E-state index in [-0.39, 0.29) is 6.10 Å². The third kappa shape index (κ3) is 4.41. The van der Waals surface area contributed by atoms with Gasteiger partial charge in [-0.25, -0.2) is 9.67 Å². The van der Waals surface area contributed by atoms with Gasteiger partial charge in [-0.3, -0.25) is 0 Å². The Morgan fingerprint density at radius 1 is 0.943 bits per heavy atom. The number of rotatable bonds is 5. The van der Waals surface area contributed by atoms with Gasteiger partial charge in [-0.1, -0.05) is 48.0 Å². The van der Waals surface area contributed by atoms with Crippen molar-refractivity contribution in [2.75, 3.05) is 0 Å². The summed E-state index contributed by atoms with van der Waals surface area (Å²) in [6.07, 6.45) is 1.77. The van der Waals surface area contributed by atoms with Crippen molar-refractivity contribution in [2.24, 2.45) is 0 Å². The number of halogens is 1. The lowest BCUT2D eigenvalue weighted by molar-refractivity contribution is 0.158. The molecule has 3 aromatic carbocycles. The van der Waals surface area contributed by atoms with E-state index in [1.807, 2.05) is 77.5 Å². The molecule has 1 aliphatic carbocycles. The van der Waals surface area contributed by atoms with Gasteiger partial charge in [0.1, 0.15) is 12.4 Å². The molecule has 6 heteroatoms. The van der Waals surface area contributed by atoms with Crippen molar-refractivity contribution in [2.45, 2.75) is 32.0 Å². The third-order valence-corrected chi connectivity index (χ3v) is 6.71. The first-order chi connectivity index (χ1) is 17.1. The van der Waals surface area contributed by atoms with Crippen LogP contribution in [-0.4, -0.2) is 26.0 Å². The minimum atomic E-state index is -0.342. The van der Waals surface area contributed by atoms with Crippen LogP contribution in [0.25, 0.3) is 27.8 Å². The Balaban J connectivity index is 1.28. The SMILES string of the molecule is OC1CCc2nn(-c3ccc(OCc4ccc5ccccc5n4)cc3)c(-c3ccc(Cl)cc3)c2C1. The molecule has 1 aliphatic rings. The highest BCUT2D eigenvalue weighted by atomic mass is 35.5. The van der Waals surface area contributed by atoms with E-state index in [2.05, 4.69) is 17.1 Å². The molecule has 0 spiro atoms. The Morgan fingerprint density at radius 2 is 1.74 bits per heavy atom. The molecule has 5 nitrogen and oxygen atoms in total. The second-order valence-corrected chi connectivity index (χ2v) is 9.30. The van der Waals surface area contributed by atoms with E-state index in [9.17, 15) is 5.11 Å². The number of nitrogens with zero attached hydrogens (tertiary/aromatic N) is 3. The van der Waals surface area contributed by atoms with Gasteiger partial charge >= 0.3 is 0 Å². The highest BCUT2D eigenvalue weighted by molar-refractivity contribution is 6.30. The van der Waals surface area contributed by atoms with Crippen molar-refractivity contribution in [1.82, 2.24) is 14.8 Å². The molecule has 0 saturated carbocycles. The molecule has 2 aromatic heterocycles. The van der Waals surface area contributed by atoms with Gasteiger partial charge in [-0.05, 0) is 61.4 Å². The quantitative estimate of drug-likeness (QED) is 0.326. The summed E-state index contributed by atoms with van der Waals surface area (Å²) in [5, 5.41) is 17.1. The molecule has 0 bridgehead atoms. The Hall–Kier alpha value is -3.67. The van der Waals surface area contributed by atoms with Crippen molar-refractivity contribution in [3.63, 3.8) is 0 Å². The Bertz CT molecular complexity index is 1490. The summed E-state index contributed by atoms with van der Waals surface area (Å²) in [7, 11) is 0. The minimum Gasteiger partial charge on any atom is -0.487 e. The second kappa shape index (κ2) is 9.17. The standard InChI is InChI=1S/C29H24ClN3O2/c30-21-8-5-20(6-9-21)29-26-17-24(34)13-16-28(26)32-33(29)23-11-14-25(15-12-23)35-18-22-10-7-19-3-1-2-4-27(19)31-22/h1-12,14-15,24,34H,13,16-18H2. The molecule has 0 amide bonds. The number of hydrogen-bond donors (Lipinski definition) is 1. The molecule has 0 radical (unpaired) electrons. The molecule has 5 aromatic rings. The highest BCUT2D eigenvalue weighted by Crippen LogP contribution is 2.34. The number of pyridine rings is 1. The zero-order chi connectivity index (χ0) is 23.8. The maximum absolute atomic E-state index is 10.3. The van der Waals surface area contributed by atoms with E-state index in [0.717, 1.165) is 63.4 Å². The van der Waals surface area contributed by atoms with E-state index in [1.54, 1.807) is 0 Å². The molecular formula is C29H24ClN3O2. The molecule has 0 saturated heterocycles. The van der Waals surface area contributed by atoms with Crippen molar-refractivity contribution in [1.29, 1.82) is 0 Å². The lowest BCUT2D eigenvalue weighted by Crippen LogP contribution is -2.18. The summed E-state index contributed by atoms with van der Waals surface area (Å²) in [6.45, 7) is 0.397. The van der Waals surface area contributed by atoms with E-state index in [1.165, 1.54) is 0 Å². The van der Waals surface area contributed by atoms with Crippen LogP contribution in [0.4, 0.5) is 0 Å². The predicted octanol–water partition coefficient (Wildman–Crippen LogP) is 6.17. The molecule has 0 aliphatic heterocycles. The number of aryl methyl sites for hydroxylation is 1. The van der Waals surface area contributed by atoms with Crippen LogP contribution in [-0.2, 0) is 19.4 Å². The van der Waals surface area contributed by atoms with Gasteiger partial charge < -0.3 is 9.84 Å². The lowest BCUT2D eigenvalue weighted by atomic mass is 9.91. The van der Waals surface area contributed by atoms with E-state index in [4.69, 9.17) is 21.4 Å². The molecule has 6 rings (SSSR count). The molecule has 2 heterocycles. The fraction of sp³-hybridized carbons (Fsp3) is 0.172. The van der Waals surface area contributed by atoms with Crippen LogP contribution >= 0.6 is 11.6 Å². The number of hydrogen-bond acceptors (Lipinski definition) is 4. The van der Waals surface area contributed by atoms with Gasteiger partial charge in [0.05, 0.1) is 34.4 Å². The van der Waals surface area contributed by atoms with Gasteiger partial charge in [0.25, 0.3) is 0 Å². The lowest BCUT2D eigenvalue weighted by Gasteiger charge is -2.17. The third-order valence-electron chi connectivity index (χ3n) is 6.46. The fourth-order valence-corrected chi connectivity index (χ4v) is 4.80. The molecule has 35 heavy (non-hydrogen) atoms. The van der Waals surface area contributed by atoms with Gasteiger partial charge in [-0.2, -0.15) is 5.10 Å². The zero-order valence-corrected chi connectivity index (χ0v) is 19.8. The number of ether oxygens (including phenoxy) is 1. The summed E-state index contributed by atoms with van der Waals surface area (Å²) in [6, 6.07) is 27.8. The number of benzene rings is 3. The Morgan fingerprint density at radius 3 is 2.57 bits per heavy atom. The Labute approximate surface area is 208 Å². The summed E-state index contributed by atoms with van der Waals surface area (Å²) in [5.74, 6) is 0.768. The maximum atomic E-state index is 10.3. The number of fused-ring (bicyclic) bond motifs is 2. The summed E-state index contributed by atoms with van der Waals surface area (Å²) < 4.78 is 7.99. The second-order valence-electron chi connectivity index (χ2n) is 8.87. The molecule has 0 fully saturated rings. The highest BCUT2D eigenvalue weighted by Gasteiger charge is 2.26. The fourth-order valence-electron chi connectivity index (χ4n) is 4.67. The zero-order valence-electron chi connectivity index (χ0n) is 19.1.